The Labute approximate surface area is 87.3 Å². The molecule has 0 saturated heterocycles. The summed E-state index contributed by atoms with van der Waals surface area (Å²) in [5.41, 5.74) is 7.20. The third-order valence-electron chi connectivity index (χ3n) is 2.10. The first-order valence-corrected chi connectivity index (χ1v) is 4.55. The Morgan fingerprint density at radius 3 is 2.80 bits per heavy atom. The average molecular weight is 207 g/mol. The summed E-state index contributed by atoms with van der Waals surface area (Å²) in [6.07, 6.45) is 3.43. The predicted octanol–water partition coefficient (Wildman–Crippen LogP) is 0.315. The van der Waals surface area contributed by atoms with E-state index in [1.54, 1.807) is 28.8 Å². The summed E-state index contributed by atoms with van der Waals surface area (Å²) in [5, 5.41) is 8.12. The number of hydrogen-bond acceptors (Lipinski definition) is 4. The number of rotatable bonds is 3. The van der Waals surface area contributed by atoms with Crippen molar-refractivity contribution in [1.82, 2.24) is 19.6 Å². The molecule has 2 aromatic heterocycles. The van der Waals surface area contributed by atoms with Gasteiger partial charge >= 0.3 is 0 Å². The second-order valence-electron chi connectivity index (χ2n) is 3.30. The smallest absolute Gasteiger partial charge is 0.256 e. The van der Waals surface area contributed by atoms with Gasteiger partial charge in [-0.3, -0.25) is 9.36 Å². The van der Waals surface area contributed by atoms with E-state index in [4.69, 9.17) is 10.5 Å². The molecule has 0 aromatic carbocycles. The molecule has 80 valence electrons. The van der Waals surface area contributed by atoms with Crippen LogP contribution in [0.25, 0.3) is 0 Å². The van der Waals surface area contributed by atoms with Gasteiger partial charge in [0.1, 0.15) is 12.3 Å². The van der Waals surface area contributed by atoms with Crippen LogP contribution in [0.3, 0.4) is 0 Å². The van der Waals surface area contributed by atoms with Crippen molar-refractivity contribution in [2.45, 2.75) is 6.61 Å². The van der Waals surface area contributed by atoms with Crippen LogP contribution in [0.2, 0.25) is 0 Å². The third kappa shape index (κ3) is 1.93. The van der Waals surface area contributed by atoms with Crippen molar-refractivity contribution < 1.29 is 4.74 Å². The van der Waals surface area contributed by atoms with Gasteiger partial charge in [-0.1, -0.05) is 0 Å². The minimum atomic E-state index is 0.414. The maximum absolute atomic E-state index is 5.69. The fourth-order valence-electron chi connectivity index (χ4n) is 1.28. The van der Waals surface area contributed by atoms with E-state index >= 15 is 0 Å². The zero-order valence-corrected chi connectivity index (χ0v) is 8.71. The van der Waals surface area contributed by atoms with Crippen molar-refractivity contribution >= 4 is 5.69 Å². The van der Waals surface area contributed by atoms with Gasteiger partial charge in [-0.15, -0.1) is 5.10 Å². The highest BCUT2D eigenvalue weighted by atomic mass is 16.5. The summed E-state index contributed by atoms with van der Waals surface area (Å²) in [4.78, 5) is 0. The Bertz CT molecular complexity index is 459. The summed E-state index contributed by atoms with van der Waals surface area (Å²) in [7, 11) is 3.66. The molecule has 0 saturated carbocycles. The molecular formula is C9H13N5O. The van der Waals surface area contributed by atoms with Gasteiger partial charge < -0.3 is 10.5 Å². The zero-order chi connectivity index (χ0) is 10.8. The highest BCUT2D eigenvalue weighted by Gasteiger charge is 2.06. The van der Waals surface area contributed by atoms with Crippen LogP contribution >= 0.6 is 0 Å². The molecule has 15 heavy (non-hydrogen) atoms. The number of hydrogen-bond donors (Lipinski definition) is 1. The highest BCUT2D eigenvalue weighted by Crippen LogP contribution is 2.18. The van der Waals surface area contributed by atoms with Crippen molar-refractivity contribution in [3.05, 3.63) is 24.2 Å². The van der Waals surface area contributed by atoms with E-state index in [9.17, 15) is 0 Å². The van der Waals surface area contributed by atoms with Gasteiger partial charge in [0.2, 0.25) is 0 Å². The Morgan fingerprint density at radius 2 is 2.27 bits per heavy atom. The predicted molar refractivity (Wildman–Crippen MR) is 55.2 cm³/mol. The molecule has 6 nitrogen and oxygen atoms in total. The number of ether oxygens (including phenoxy) is 1. The molecule has 2 N–H and O–H groups in total. The van der Waals surface area contributed by atoms with E-state index in [2.05, 4.69) is 10.2 Å². The molecule has 6 heteroatoms. The van der Waals surface area contributed by atoms with Gasteiger partial charge in [-0.05, 0) is 6.07 Å². The molecule has 2 rings (SSSR count). The van der Waals surface area contributed by atoms with Crippen LogP contribution in [0.5, 0.6) is 5.88 Å². The molecule has 0 unspecified atom stereocenters. The zero-order valence-electron chi connectivity index (χ0n) is 8.71. The molecule has 0 atom stereocenters. The molecule has 0 fully saturated rings. The van der Waals surface area contributed by atoms with E-state index in [-0.39, 0.29) is 0 Å². The lowest BCUT2D eigenvalue weighted by Gasteiger charge is -2.03. The van der Waals surface area contributed by atoms with Crippen LogP contribution in [0.4, 0.5) is 5.69 Å². The molecule has 0 aliphatic rings. The number of aryl methyl sites for hydroxylation is 2. The number of anilines is 1. The Balaban J connectivity index is 2.05. The fourth-order valence-corrected chi connectivity index (χ4v) is 1.28. The summed E-state index contributed by atoms with van der Waals surface area (Å²) >= 11 is 0. The third-order valence-corrected chi connectivity index (χ3v) is 2.10. The van der Waals surface area contributed by atoms with Crippen molar-refractivity contribution in [2.75, 3.05) is 5.73 Å². The lowest BCUT2D eigenvalue weighted by molar-refractivity contribution is 0.282. The topological polar surface area (TPSA) is 70.9 Å². The van der Waals surface area contributed by atoms with Crippen LogP contribution in [0.1, 0.15) is 5.69 Å². The molecule has 2 aromatic rings. The molecule has 0 bridgehead atoms. The first kappa shape index (κ1) is 9.57. The SMILES string of the molecule is Cn1cc(N)c(OCc2ccnn2C)n1. The second-order valence-corrected chi connectivity index (χ2v) is 3.30. The van der Waals surface area contributed by atoms with Crippen LogP contribution in [0.15, 0.2) is 18.5 Å². The van der Waals surface area contributed by atoms with Crippen LogP contribution in [-0.2, 0) is 20.7 Å². The second kappa shape index (κ2) is 3.64. The Hall–Kier alpha value is -1.98. The quantitative estimate of drug-likeness (QED) is 0.786. The first-order valence-electron chi connectivity index (χ1n) is 4.55. The van der Waals surface area contributed by atoms with Gasteiger partial charge in [0.15, 0.2) is 0 Å². The van der Waals surface area contributed by atoms with Gasteiger partial charge in [0.25, 0.3) is 5.88 Å². The maximum Gasteiger partial charge on any atom is 0.256 e. The standard InChI is InChI=1S/C9H13N5O/c1-13-5-8(10)9(12-13)15-6-7-3-4-11-14(7)2/h3-5H,6,10H2,1-2H3. The molecule has 0 radical (unpaired) electrons. The first-order chi connectivity index (χ1) is 7.16. The molecule has 0 amide bonds. The van der Waals surface area contributed by atoms with Crippen molar-refractivity contribution in [3.63, 3.8) is 0 Å². The lowest BCUT2D eigenvalue weighted by Crippen LogP contribution is -2.04. The number of nitrogens with zero attached hydrogens (tertiary/aromatic N) is 4. The summed E-state index contributed by atoms with van der Waals surface area (Å²) in [6, 6.07) is 1.89. The number of aromatic nitrogens is 4. The van der Waals surface area contributed by atoms with E-state index in [1.807, 2.05) is 13.1 Å². The van der Waals surface area contributed by atoms with Gasteiger partial charge in [-0.25, -0.2) is 0 Å². The van der Waals surface area contributed by atoms with Crippen LogP contribution in [-0.4, -0.2) is 19.6 Å². The largest absolute Gasteiger partial charge is 0.469 e. The summed E-state index contributed by atoms with van der Waals surface area (Å²) < 4.78 is 8.83. The summed E-state index contributed by atoms with van der Waals surface area (Å²) in [5.74, 6) is 0.457. The van der Waals surface area contributed by atoms with E-state index < -0.39 is 0 Å². The highest BCUT2D eigenvalue weighted by molar-refractivity contribution is 5.45. The average Bonchev–Trinajstić information content (AvgIpc) is 2.70. The van der Waals surface area contributed by atoms with Crippen LogP contribution in [0, 0.1) is 0 Å². The minimum Gasteiger partial charge on any atom is -0.469 e. The fraction of sp³-hybridized carbons (Fsp3) is 0.333. The molecule has 0 aliphatic heterocycles. The molecular weight excluding hydrogens is 194 g/mol. The monoisotopic (exact) mass is 207 g/mol. The van der Waals surface area contributed by atoms with E-state index in [1.165, 1.54) is 0 Å². The maximum atomic E-state index is 5.69. The number of nitrogens with two attached hydrogens (primary N) is 1. The lowest BCUT2D eigenvalue weighted by atomic mass is 10.4. The van der Waals surface area contributed by atoms with Crippen molar-refractivity contribution in [1.29, 1.82) is 0 Å². The van der Waals surface area contributed by atoms with Crippen molar-refractivity contribution in [2.24, 2.45) is 14.1 Å². The Kier molecular flexibility index (Phi) is 2.32. The number of nitrogen functional groups attached to an aromatic ring is 1. The normalized spacial score (nSPS) is 10.5. The van der Waals surface area contributed by atoms with E-state index in [0.29, 0.717) is 18.2 Å². The molecule has 0 spiro atoms. The van der Waals surface area contributed by atoms with Gasteiger partial charge in [-0.2, -0.15) is 5.10 Å². The van der Waals surface area contributed by atoms with E-state index in [0.717, 1.165) is 5.69 Å². The van der Waals surface area contributed by atoms with Gasteiger partial charge in [0, 0.05) is 20.3 Å². The minimum absolute atomic E-state index is 0.414. The van der Waals surface area contributed by atoms with Gasteiger partial charge in [0.05, 0.1) is 11.9 Å². The summed E-state index contributed by atoms with van der Waals surface area (Å²) in [6.45, 7) is 0.414. The van der Waals surface area contributed by atoms with Crippen molar-refractivity contribution in [3.8, 4) is 5.88 Å². The van der Waals surface area contributed by atoms with Crippen LogP contribution < -0.4 is 10.5 Å². The molecule has 0 aliphatic carbocycles. The Morgan fingerprint density at radius 1 is 1.47 bits per heavy atom. The molecule has 2 heterocycles.